The van der Waals surface area contributed by atoms with Gasteiger partial charge in [-0.2, -0.15) is 13.7 Å². The Morgan fingerprint density at radius 3 is 2.58 bits per heavy atom. The highest BCUT2D eigenvalue weighted by atomic mass is 32.2. The van der Waals surface area contributed by atoms with Gasteiger partial charge in [-0.3, -0.25) is 4.90 Å². The van der Waals surface area contributed by atoms with Crippen molar-refractivity contribution < 1.29 is 27.2 Å². The van der Waals surface area contributed by atoms with Gasteiger partial charge in [-0.05, 0) is 78.4 Å². The fraction of sp³-hybridized carbons (Fsp3) is 0.296. The quantitative estimate of drug-likeness (QED) is 0.399. The molecule has 0 radical (unpaired) electrons. The van der Waals surface area contributed by atoms with E-state index in [1.165, 1.54) is 42.5 Å². The molecule has 2 heterocycles. The summed E-state index contributed by atoms with van der Waals surface area (Å²) in [6.07, 6.45) is 1.51. The molecule has 5 rings (SSSR count). The van der Waals surface area contributed by atoms with E-state index in [0.717, 1.165) is 29.7 Å². The van der Waals surface area contributed by atoms with Crippen LogP contribution in [0.1, 0.15) is 39.4 Å². The van der Waals surface area contributed by atoms with Gasteiger partial charge in [0.25, 0.3) is 0 Å². The lowest BCUT2D eigenvalue weighted by atomic mass is 9.83. The highest BCUT2D eigenvalue weighted by Crippen LogP contribution is 2.45. The van der Waals surface area contributed by atoms with E-state index in [2.05, 4.69) is 11.0 Å². The fourth-order valence-electron chi connectivity index (χ4n) is 5.08. The van der Waals surface area contributed by atoms with Crippen molar-refractivity contribution in [3.05, 3.63) is 81.9 Å². The Bertz CT molecular complexity index is 1460. The molecule has 9 heteroatoms. The SMILES string of the molecule is COc1ccc2c(c1OS(=O)(=O)c1ccc(C#N)cc1)CN1CCc3cc(OCO)c(C)cc3C1C2. The van der Waals surface area contributed by atoms with Crippen LogP contribution in [-0.4, -0.2) is 38.9 Å². The van der Waals surface area contributed by atoms with Crippen LogP contribution in [-0.2, 0) is 29.5 Å². The van der Waals surface area contributed by atoms with Crippen molar-refractivity contribution in [2.75, 3.05) is 20.4 Å². The van der Waals surface area contributed by atoms with Crippen LogP contribution in [0.5, 0.6) is 17.2 Å². The average Bonchev–Trinajstić information content (AvgIpc) is 2.88. The lowest BCUT2D eigenvalue weighted by molar-refractivity contribution is 0.0973. The van der Waals surface area contributed by atoms with Crippen molar-refractivity contribution in [3.63, 3.8) is 0 Å². The Kier molecular flexibility index (Phi) is 6.35. The molecule has 3 aromatic rings. The Morgan fingerprint density at radius 1 is 1.11 bits per heavy atom. The van der Waals surface area contributed by atoms with E-state index >= 15 is 0 Å². The van der Waals surface area contributed by atoms with Gasteiger partial charge in [0.15, 0.2) is 18.3 Å². The summed E-state index contributed by atoms with van der Waals surface area (Å²) in [6.45, 7) is 2.91. The lowest BCUT2D eigenvalue weighted by Gasteiger charge is -2.42. The number of nitrogens with zero attached hydrogens (tertiary/aromatic N) is 2. The minimum atomic E-state index is -4.14. The second kappa shape index (κ2) is 9.47. The third-order valence-electron chi connectivity index (χ3n) is 6.91. The molecule has 36 heavy (non-hydrogen) atoms. The van der Waals surface area contributed by atoms with Crippen molar-refractivity contribution in [3.8, 4) is 23.3 Å². The fourth-order valence-corrected chi connectivity index (χ4v) is 6.05. The minimum Gasteiger partial charge on any atom is -0.493 e. The third kappa shape index (κ3) is 4.28. The van der Waals surface area contributed by atoms with E-state index in [4.69, 9.17) is 18.9 Å². The van der Waals surface area contributed by atoms with E-state index in [1.807, 2.05) is 25.1 Å². The highest BCUT2D eigenvalue weighted by molar-refractivity contribution is 7.87. The van der Waals surface area contributed by atoms with Crippen molar-refractivity contribution in [1.82, 2.24) is 4.90 Å². The van der Waals surface area contributed by atoms with Gasteiger partial charge in [0.1, 0.15) is 10.6 Å². The van der Waals surface area contributed by atoms with E-state index < -0.39 is 10.1 Å². The second-order valence-corrected chi connectivity index (χ2v) is 10.5. The largest absolute Gasteiger partial charge is 0.493 e. The van der Waals surface area contributed by atoms with E-state index in [0.29, 0.717) is 30.0 Å². The van der Waals surface area contributed by atoms with E-state index in [-0.39, 0.29) is 23.5 Å². The van der Waals surface area contributed by atoms with Crippen LogP contribution in [0, 0.1) is 18.3 Å². The molecule has 3 aromatic carbocycles. The number of benzene rings is 3. The number of methoxy groups -OCH3 is 1. The number of ether oxygens (including phenoxy) is 2. The molecule has 0 fully saturated rings. The van der Waals surface area contributed by atoms with Crippen molar-refractivity contribution in [2.45, 2.75) is 37.2 Å². The predicted molar refractivity (Wildman–Crippen MR) is 131 cm³/mol. The van der Waals surface area contributed by atoms with Crippen LogP contribution in [0.4, 0.5) is 0 Å². The van der Waals surface area contributed by atoms with Gasteiger partial charge in [0.05, 0.1) is 18.7 Å². The molecule has 0 saturated heterocycles. The zero-order chi connectivity index (χ0) is 25.4. The van der Waals surface area contributed by atoms with Crippen LogP contribution >= 0.6 is 0 Å². The van der Waals surface area contributed by atoms with Gasteiger partial charge in [-0.25, -0.2) is 0 Å². The number of aryl methyl sites for hydroxylation is 1. The highest BCUT2D eigenvalue weighted by Gasteiger charge is 2.35. The zero-order valence-corrected chi connectivity index (χ0v) is 20.8. The Labute approximate surface area is 210 Å². The first-order chi connectivity index (χ1) is 17.3. The van der Waals surface area contributed by atoms with E-state index in [9.17, 15) is 13.5 Å². The maximum atomic E-state index is 13.1. The summed E-state index contributed by atoms with van der Waals surface area (Å²) in [5, 5.41) is 18.2. The first kappa shape index (κ1) is 24.1. The Balaban J connectivity index is 1.51. The number of nitriles is 1. The normalized spacial score (nSPS) is 16.8. The van der Waals surface area contributed by atoms with Crippen molar-refractivity contribution in [1.29, 1.82) is 5.26 Å². The molecule has 186 valence electrons. The monoisotopic (exact) mass is 506 g/mol. The molecular weight excluding hydrogens is 480 g/mol. The van der Waals surface area contributed by atoms with Crippen LogP contribution in [0.2, 0.25) is 0 Å². The van der Waals surface area contributed by atoms with Gasteiger partial charge in [-0.1, -0.05) is 12.1 Å². The molecule has 0 aliphatic carbocycles. The molecule has 0 aromatic heterocycles. The van der Waals surface area contributed by atoms with Crippen LogP contribution in [0.3, 0.4) is 0 Å². The molecule has 0 amide bonds. The summed E-state index contributed by atoms with van der Waals surface area (Å²) in [7, 11) is -2.65. The number of rotatable bonds is 6. The van der Waals surface area contributed by atoms with Gasteiger partial charge in [-0.15, -0.1) is 0 Å². The molecular formula is C27H26N2O6S. The summed E-state index contributed by atoms with van der Waals surface area (Å²) in [5.41, 5.74) is 5.54. The summed E-state index contributed by atoms with van der Waals surface area (Å²) in [4.78, 5) is 2.30. The van der Waals surface area contributed by atoms with Crippen LogP contribution in [0.15, 0.2) is 53.4 Å². The van der Waals surface area contributed by atoms with Gasteiger partial charge in [0, 0.05) is 24.7 Å². The molecule has 0 spiro atoms. The molecule has 1 atom stereocenters. The molecule has 2 aliphatic heterocycles. The smallest absolute Gasteiger partial charge is 0.339 e. The lowest BCUT2D eigenvalue weighted by Crippen LogP contribution is -2.39. The third-order valence-corrected chi connectivity index (χ3v) is 8.14. The summed E-state index contributed by atoms with van der Waals surface area (Å²) >= 11 is 0. The predicted octanol–water partition coefficient (Wildman–Crippen LogP) is 3.63. The number of hydrogen-bond acceptors (Lipinski definition) is 8. The summed E-state index contributed by atoms with van der Waals surface area (Å²) in [6, 6.07) is 15.6. The number of aliphatic hydroxyl groups excluding tert-OH is 1. The Hall–Kier alpha value is -3.58. The molecule has 0 saturated carbocycles. The molecule has 8 nitrogen and oxygen atoms in total. The van der Waals surface area contributed by atoms with Crippen molar-refractivity contribution >= 4 is 10.1 Å². The summed E-state index contributed by atoms with van der Waals surface area (Å²) < 4.78 is 42.8. The molecule has 0 bridgehead atoms. The maximum absolute atomic E-state index is 13.1. The van der Waals surface area contributed by atoms with Crippen LogP contribution in [0.25, 0.3) is 0 Å². The second-order valence-electron chi connectivity index (χ2n) is 8.94. The topological polar surface area (TPSA) is 109 Å². The first-order valence-corrected chi connectivity index (χ1v) is 13.0. The van der Waals surface area contributed by atoms with Gasteiger partial charge < -0.3 is 18.8 Å². The molecule has 1 N–H and O–H groups in total. The number of fused-ring (bicyclic) bond motifs is 4. The van der Waals surface area contributed by atoms with Crippen LogP contribution < -0.4 is 13.7 Å². The van der Waals surface area contributed by atoms with Gasteiger partial charge >= 0.3 is 10.1 Å². The van der Waals surface area contributed by atoms with E-state index in [1.54, 1.807) is 6.07 Å². The summed E-state index contributed by atoms with van der Waals surface area (Å²) in [5.74, 6) is 1.24. The van der Waals surface area contributed by atoms with Crippen molar-refractivity contribution in [2.24, 2.45) is 0 Å². The molecule has 2 aliphatic rings. The zero-order valence-electron chi connectivity index (χ0n) is 20.0. The first-order valence-electron chi connectivity index (χ1n) is 11.6. The average molecular weight is 507 g/mol. The van der Waals surface area contributed by atoms with Gasteiger partial charge in [0.2, 0.25) is 0 Å². The Morgan fingerprint density at radius 2 is 1.89 bits per heavy atom. The number of aliphatic hydroxyl groups is 1. The standard InChI is InChI=1S/C27H26N2O6S/c1-17-11-22-20(13-26(17)34-16-30)9-10-29-15-23-19(12-24(22)29)5-8-25(33-2)27(23)35-36(31,32)21-6-3-18(14-28)4-7-21/h3-8,11,13,24,30H,9-10,12,15-16H2,1-2H3. The molecule has 1 unspecified atom stereocenters. The minimum absolute atomic E-state index is 0.0295. The maximum Gasteiger partial charge on any atom is 0.339 e. The number of hydrogen-bond donors (Lipinski definition) is 1.